The van der Waals surface area contributed by atoms with Crippen LogP contribution in [0.5, 0.6) is 0 Å². The summed E-state index contributed by atoms with van der Waals surface area (Å²) in [4.78, 5) is 30.4. The third-order valence-electron chi connectivity index (χ3n) is 4.74. The molecule has 1 saturated heterocycles. The van der Waals surface area contributed by atoms with Crippen molar-refractivity contribution in [2.24, 2.45) is 5.92 Å². The Bertz CT molecular complexity index is 789. The number of amides is 2. The highest BCUT2D eigenvalue weighted by atomic mass is 32.1. The normalized spacial score (nSPS) is 16.8. The summed E-state index contributed by atoms with van der Waals surface area (Å²) in [5, 5.41) is 2.00. The summed E-state index contributed by atoms with van der Waals surface area (Å²) in [6, 6.07) is 9.53. The molecule has 2 aromatic rings. The van der Waals surface area contributed by atoms with Gasteiger partial charge in [0.2, 0.25) is 5.91 Å². The van der Waals surface area contributed by atoms with Gasteiger partial charge in [-0.3, -0.25) is 9.59 Å². The van der Waals surface area contributed by atoms with E-state index >= 15 is 0 Å². The summed E-state index contributed by atoms with van der Waals surface area (Å²) in [7, 11) is 0. The lowest BCUT2D eigenvalue weighted by molar-refractivity contribution is -0.137. The molecular weight excluding hydrogens is 363 g/mol. The van der Waals surface area contributed by atoms with E-state index in [2.05, 4.69) is 6.58 Å². The van der Waals surface area contributed by atoms with Crippen LogP contribution in [0.2, 0.25) is 0 Å². The fraction of sp³-hybridized carbons (Fsp3) is 0.333. The van der Waals surface area contributed by atoms with Gasteiger partial charge in [-0.25, -0.2) is 4.39 Å². The van der Waals surface area contributed by atoms with Crippen LogP contribution in [0, 0.1) is 11.7 Å². The summed E-state index contributed by atoms with van der Waals surface area (Å²) < 4.78 is 13.1. The van der Waals surface area contributed by atoms with Crippen molar-refractivity contribution in [3.63, 3.8) is 0 Å². The second-order valence-electron chi connectivity index (χ2n) is 6.68. The zero-order chi connectivity index (χ0) is 19.2. The highest BCUT2D eigenvalue weighted by Gasteiger charge is 2.31. The molecule has 0 spiro atoms. The summed E-state index contributed by atoms with van der Waals surface area (Å²) in [5.41, 5.74) is 0.450. The third-order valence-corrected chi connectivity index (χ3v) is 5.60. The van der Waals surface area contributed by atoms with Gasteiger partial charge >= 0.3 is 0 Å². The predicted octanol–water partition coefficient (Wildman–Crippen LogP) is 3.95. The Morgan fingerprint density at radius 1 is 1.30 bits per heavy atom. The first-order valence-corrected chi connectivity index (χ1v) is 9.93. The number of likely N-dealkylation sites (tertiary alicyclic amines) is 1. The van der Waals surface area contributed by atoms with Gasteiger partial charge in [0.15, 0.2) is 0 Å². The van der Waals surface area contributed by atoms with Crippen molar-refractivity contribution >= 4 is 23.2 Å². The van der Waals surface area contributed by atoms with Crippen molar-refractivity contribution in [3.05, 3.63) is 70.7 Å². The highest BCUT2D eigenvalue weighted by Crippen LogP contribution is 2.22. The molecular formula is C21H23FN2O2S. The maximum atomic E-state index is 13.1. The van der Waals surface area contributed by atoms with Crippen LogP contribution < -0.4 is 0 Å². The van der Waals surface area contributed by atoms with Crippen LogP contribution in [0.25, 0.3) is 0 Å². The Morgan fingerprint density at radius 2 is 2.07 bits per heavy atom. The van der Waals surface area contributed by atoms with Crippen LogP contribution in [-0.4, -0.2) is 41.2 Å². The second kappa shape index (κ2) is 8.95. The monoisotopic (exact) mass is 386 g/mol. The number of hydrogen-bond donors (Lipinski definition) is 0. The number of carbonyl (C=O) groups excluding carboxylic acids is 2. The maximum absolute atomic E-state index is 13.1. The van der Waals surface area contributed by atoms with Gasteiger partial charge < -0.3 is 9.80 Å². The molecule has 1 aliphatic heterocycles. The van der Waals surface area contributed by atoms with E-state index in [0.29, 0.717) is 31.7 Å². The van der Waals surface area contributed by atoms with Crippen LogP contribution in [0.1, 0.15) is 28.1 Å². The Hall–Kier alpha value is -2.47. The lowest BCUT2D eigenvalue weighted by Crippen LogP contribution is -2.46. The standard InChI is InChI=1S/C21H23FN2O2S/c1-2-11-23(15-19-6-4-13-27-19)21(26)17-5-3-12-24(14-17)20(25)16-7-9-18(22)10-8-16/h2,4,6-10,13,17H,1,3,5,11-12,14-15H2. The molecule has 3 rings (SSSR count). The molecule has 0 saturated carbocycles. The molecule has 1 aromatic heterocycles. The summed E-state index contributed by atoms with van der Waals surface area (Å²) in [5.74, 6) is -0.684. The van der Waals surface area contributed by atoms with Crippen molar-refractivity contribution in [2.45, 2.75) is 19.4 Å². The smallest absolute Gasteiger partial charge is 0.253 e. The van der Waals surface area contributed by atoms with Crippen LogP contribution in [0.4, 0.5) is 4.39 Å². The molecule has 1 aromatic carbocycles. The molecule has 0 aliphatic carbocycles. The van der Waals surface area contributed by atoms with Gasteiger partial charge in [0.1, 0.15) is 5.82 Å². The number of halogens is 1. The Morgan fingerprint density at radius 3 is 2.74 bits per heavy atom. The SMILES string of the molecule is C=CCN(Cc1cccs1)C(=O)C1CCCN(C(=O)c2ccc(F)cc2)C1. The van der Waals surface area contributed by atoms with E-state index in [1.54, 1.807) is 27.2 Å². The minimum atomic E-state index is -0.369. The largest absolute Gasteiger partial charge is 0.338 e. The zero-order valence-corrected chi connectivity index (χ0v) is 16.0. The first-order valence-electron chi connectivity index (χ1n) is 9.05. The number of nitrogens with zero attached hydrogens (tertiary/aromatic N) is 2. The molecule has 1 unspecified atom stereocenters. The van der Waals surface area contributed by atoms with Gasteiger partial charge in [-0.15, -0.1) is 17.9 Å². The van der Waals surface area contributed by atoms with E-state index in [4.69, 9.17) is 0 Å². The summed E-state index contributed by atoms with van der Waals surface area (Å²) in [6.07, 6.45) is 3.28. The molecule has 1 aliphatic rings. The summed E-state index contributed by atoms with van der Waals surface area (Å²) >= 11 is 1.62. The Kier molecular flexibility index (Phi) is 6.40. The van der Waals surface area contributed by atoms with E-state index < -0.39 is 0 Å². The van der Waals surface area contributed by atoms with Crippen LogP contribution in [0.15, 0.2) is 54.4 Å². The fourth-order valence-electron chi connectivity index (χ4n) is 3.38. The van der Waals surface area contributed by atoms with E-state index in [1.165, 1.54) is 24.3 Å². The molecule has 0 radical (unpaired) electrons. The molecule has 4 nitrogen and oxygen atoms in total. The summed E-state index contributed by atoms with van der Waals surface area (Å²) in [6.45, 7) is 5.82. The molecule has 27 heavy (non-hydrogen) atoms. The van der Waals surface area contributed by atoms with E-state index in [0.717, 1.165) is 17.7 Å². The topological polar surface area (TPSA) is 40.6 Å². The minimum Gasteiger partial charge on any atom is -0.338 e. The quantitative estimate of drug-likeness (QED) is 0.705. The van der Waals surface area contributed by atoms with Crippen LogP contribution >= 0.6 is 11.3 Å². The van der Waals surface area contributed by atoms with Gasteiger partial charge in [-0.2, -0.15) is 0 Å². The molecule has 142 valence electrons. The minimum absolute atomic E-state index is 0.0555. The first-order chi connectivity index (χ1) is 13.1. The van der Waals surface area contributed by atoms with Crippen LogP contribution in [-0.2, 0) is 11.3 Å². The lowest BCUT2D eigenvalue weighted by Gasteiger charge is -2.34. The first kappa shape index (κ1) is 19.3. The highest BCUT2D eigenvalue weighted by molar-refractivity contribution is 7.09. The Labute approximate surface area is 162 Å². The molecule has 0 bridgehead atoms. The Balaban J connectivity index is 1.68. The van der Waals surface area contributed by atoms with Gasteiger partial charge in [0, 0.05) is 30.1 Å². The molecule has 1 fully saturated rings. The average molecular weight is 386 g/mol. The third kappa shape index (κ3) is 4.83. The van der Waals surface area contributed by atoms with Gasteiger partial charge in [0.05, 0.1) is 12.5 Å². The van der Waals surface area contributed by atoms with E-state index in [9.17, 15) is 14.0 Å². The fourth-order valence-corrected chi connectivity index (χ4v) is 4.09. The van der Waals surface area contributed by atoms with Gasteiger partial charge in [0.25, 0.3) is 5.91 Å². The van der Waals surface area contributed by atoms with Crippen molar-refractivity contribution in [3.8, 4) is 0 Å². The number of benzene rings is 1. The van der Waals surface area contributed by atoms with E-state index in [1.807, 2.05) is 17.5 Å². The number of piperidine rings is 1. The van der Waals surface area contributed by atoms with Crippen molar-refractivity contribution in [2.75, 3.05) is 19.6 Å². The lowest BCUT2D eigenvalue weighted by atomic mass is 9.95. The maximum Gasteiger partial charge on any atom is 0.253 e. The van der Waals surface area contributed by atoms with Gasteiger partial charge in [-0.1, -0.05) is 12.1 Å². The van der Waals surface area contributed by atoms with Crippen LogP contribution in [0.3, 0.4) is 0 Å². The molecule has 2 heterocycles. The van der Waals surface area contributed by atoms with Crippen molar-refractivity contribution in [1.29, 1.82) is 0 Å². The van der Waals surface area contributed by atoms with Crippen molar-refractivity contribution in [1.82, 2.24) is 9.80 Å². The number of hydrogen-bond acceptors (Lipinski definition) is 3. The molecule has 2 amide bonds. The molecule has 6 heteroatoms. The average Bonchev–Trinajstić information content (AvgIpc) is 3.20. The number of carbonyl (C=O) groups is 2. The second-order valence-corrected chi connectivity index (χ2v) is 7.72. The van der Waals surface area contributed by atoms with Gasteiger partial charge in [-0.05, 0) is 48.6 Å². The predicted molar refractivity (Wildman–Crippen MR) is 105 cm³/mol. The number of rotatable bonds is 6. The molecule has 1 atom stereocenters. The molecule has 0 N–H and O–H groups in total. The van der Waals surface area contributed by atoms with Crippen molar-refractivity contribution < 1.29 is 14.0 Å². The number of thiophene rings is 1. The zero-order valence-electron chi connectivity index (χ0n) is 15.1. The van der Waals surface area contributed by atoms with E-state index in [-0.39, 0.29) is 23.5 Å².